The van der Waals surface area contributed by atoms with Gasteiger partial charge in [0.2, 0.25) is 5.91 Å². The van der Waals surface area contributed by atoms with Gasteiger partial charge in [0.25, 0.3) is 0 Å². The van der Waals surface area contributed by atoms with Gasteiger partial charge in [-0.15, -0.1) is 0 Å². The van der Waals surface area contributed by atoms with Crippen LogP contribution in [0.5, 0.6) is 11.5 Å². The molecule has 1 N–H and O–H groups in total. The maximum atomic E-state index is 13.1. The van der Waals surface area contributed by atoms with Gasteiger partial charge in [0.05, 0.1) is 30.8 Å². The quantitative estimate of drug-likeness (QED) is 0.775. The highest BCUT2D eigenvalue weighted by Crippen LogP contribution is 2.36. The van der Waals surface area contributed by atoms with Crippen LogP contribution in [-0.4, -0.2) is 38.1 Å². The van der Waals surface area contributed by atoms with Crippen LogP contribution in [0.4, 0.5) is 10.1 Å². The first-order valence-corrected chi connectivity index (χ1v) is 9.57. The summed E-state index contributed by atoms with van der Waals surface area (Å²) < 4.78 is 23.6. The number of carbonyl (C=O) groups excluding carboxylic acids is 1. The van der Waals surface area contributed by atoms with Crippen molar-refractivity contribution in [3.63, 3.8) is 0 Å². The Hall–Kier alpha value is -2.31. The fraction of sp³-hybridized carbons (Fsp3) is 0.381. The first-order chi connectivity index (χ1) is 13.5. The molecule has 28 heavy (non-hydrogen) atoms. The van der Waals surface area contributed by atoms with Gasteiger partial charge in [0, 0.05) is 25.2 Å². The number of methoxy groups -OCH3 is 2. The molecule has 1 aliphatic rings. The van der Waals surface area contributed by atoms with Crippen molar-refractivity contribution >= 4 is 23.2 Å². The van der Waals surface area contributed by atoms with E-state index in [2.05, 4.69) is 10.2 Å². The number of amides is 1. The monoisotopic (exact) mass is 406 g/mol. The van der Waals surface area contributed by atoms with Crippen LogP contribution < -0.4 is 14.8 Å². The summed E-state index contributed by atoms with van der Waals surface area (Å²) in [7, 11) is 3.05. The molecule has 0 aliphatic carbocycles. The van der Waals surface area contributed by atoms with Crippen LogP contribution in [0.1, 0.15) is 18.4 Å². The number of anilines is 1. The van der Waals surface area contributed by atoms with E-state index in [1.165, 1.54) is 26.4 Å². The number of nitrogens with zero attached hydrogens (tertiary/aromatic N) is 1. The second-order valence-electron chi connectivity index (χ2n) is 6.88. The lowest BCUT2D eigenvalue weighted by Crippen LogP contribution is -2.40. The van der Waals surface area contributed by atoms with Gasteiger partial charge in [0.15, 0.2) is 0 Å². The van der Waals surface area contributed by atoms with Gasteiger partial charge in [-0.3, -0.25) is 9.69 Å². The zero-order valence-corrected chi connectivity index (χ0v) is 16.8. The number of rotatable bonds is 6. The van der Waals surface area contributed by atoms with E-state index in [9.17, 15) is 9.18 Å². The highest BCUT2D eigenvalue weighted by Gasteiger charge is 2.26. The lowest BCUT2D eigenvalue weighted by Gasteiger charge is -2.32. The molecule has 7 heteroatoms. The highest BCUT2D eigenvalue weighted by molar-refractivity contribution is 6.32. The second kappa shape index (κ2) is 9.26. The Labute approximate surface area is 169 Å². The lowest BCUT2D eigenvalue weighted by molar-refractivity contribution is -0.121. The first-order valence-electron chi connectivity index (χ1n) is 9.19. The largest absolute Gasteiger partial charge is 0.495 e. The molecule has 1 aliphatic heterocycles. The third-order valence-corrected chi connectivity index (χ3v) is 5.22. The predicted molar refractivity (Wildman–Crippen MR) is 108 cm³/mol. The Morgan fingerprint density at radius 3 is 2.61 bits per heavy atom. The maximum absolute atomic E-state index is 13.1. The zero-order valence-electron chi connectivity index (χ0n) is 16.0. The summed E-state index contributed by atoms with van der Waals surface area (Å²) in [6.45, 7) is 2.26. The summed E-state index contributed by atoms with van der Waals surface area (Å²) in [5.41, 5.74) is 1.57. The van der Waals surface area contributed by atoms with Crippen LogP contribution >= 0.6 is 11.6 Å². The molecule has 1 fully saturated rings. The van der Waals surface area contributed by atoms with Crippen molar-refractivity contribution in [3.8, 4) is 11.5 Å². The molecule has 1 amide bonds. The summed E-state index contributed by atoms with van der Waals surface area (Å²) in [6.07, 6.45) is 1.75. The van der Waals surface area contributed by atoms with Crippen molar-refractivity contribution < 1.29 is 18.7 Å². The number of piperidine rings is 1. The molecule has 1 saturated heterocycles. The Morgan fingerprint density at radius 2 is 1.93 bits per heavy atom. The molecule has 0 unspecified atom stereocenters. The minimum absolute atomic E-state index is 0.0634. The number of hydrogen-bond donors (Lipinski definition) is 1. The van der Waals surface area contributed by atoms with E-state index in [1.807, 2.05) is 0 Å². The molecule has 2 aromatic carbocycles. The molecule has 3 rings (SSSR count). The maximum Gasteiger partial charge on any atom is 0.228 e. The zero-order chi connectivity index (χ0) is 20.1. The van der Waals surface area contributed by atoms with Crippen molar-refractivity contribution in [1.29, 1.82) is 0 Å². The number of ether oxygens (including phenoxy) is 2. The van der Waals surface area contributed by atoms with Gasteiger partial charge >= 0.3 is 0 Å². The van der Waals surface area contributed by atoms with Crippen LogP contribution in [0.2, 0.25) is 5.02 Å². The Morgan fingerprint density at radius 1 is 1.21 bits per heavy atom. The molecule has 0 spiro atoms. The van der Waals surface area contributed by atoms with Crippen LogP contribution in [0, 0.1) is 11.7 Å². The van der Waals surface area contributed by atoms with Gasteiger partial charge in [-0.1, -0.05) is 23.7 Å². The average molecular weight is 407 g/mol. The summed E-state index contributed by atoms with van der Waals surface area (Å²) in [6, 6.07) is 9.77. The van der Waals surface area contributed by atoms with Gasteiger partial charge < -0.3 is 14.8 Å². The third kappa shape index (κ3) is 4.94. The standard InChI is InChI=1S/C21H24ClFN2O3/c1-27-19-11-18(20(28-2)10-17(19)22)24-21(26)15-4-3-9-25(13-15)12-14-5-7-16(23)8-6-14/h5-8,10-11,15H,3-4,9,12-13H2,1-2H3,(H,24,26)/t15-/m0/s1. The van der Waals surface area contributed by atoms with Gasteiger partial charge in [-0.25, -0.2) is 4.39 Å². The van der Waals surface area contributed by atoms with Crippen molar-refractivity contribution in [2.45, 2.75) is 19.4 Å². The van der Waals surface area contributed by atoms with E-state index < -0.39 is 0 Å². The molecule has 5 nitrogen and oxygen atoms in total. The lowest BCUT2D eigenvalue weighted by atomic mass is 9.96. The van der Waals surface area contributed by atoms with E-state index in [0.29, 0.717) is 35.3 Å². The molecular formula is C21H24ClFN2O3. The predicted octanol–water partition coefficient (Wildman–Crippen LogP) is 4.35. The van der Waals surface area contributed by atoms with Gasteiger partial charge in [-0.2, -0.15) is 0 Å². The highest BCUT2D eigenvalue weighted by atomic mass is 35.5. The second-order valence-corrected chi connectivity index (χ2v) is 7.28. The van der Waals surface area contributed by atoms with E-state index in [-0.39, 0.29) is 17.6 Å². The van der Waals surface area contributed by atoms with Crippen LogP contribution in [-0.2, 0) is 11.3 Å². The SMILES string of the molecule is COc1cc(NC(=O)[C@H]2CCCN(Cc3ccc(F)cc3)C2)c(OC)cc1Cl. The van der Waals surface area contributed by atoms with Gasteiger partial charge in [-0.05, 0) is 37.1 Å². The molecular weight excluding hydrogens is 383 g/mol. The average Bonchev–Trinajstić information content (AvgIpc) is 2.70. The van der Waals surface area contributed by atoms with E-state index in [0.717, 1.165) is 24.9 Å². The topological polar surface area (TPSA) is 50.8 Å². The van der Waals surface area contributed by atoms with E-state index >= 15 is 0 Å². The molecule has 0 saturated carbocycles. The summed E-state index contributed by atoms with van der Waals surface area (Å²) in [5, 5.41) is 3.36. The first kappa shape index (κ1) is 20.4. The number of hydrogen-bond acceptors (Lipinski definition) is 4. The van der Waals surface area contributed by atoms with Crippen molar-refractivity contribution in [1.82, 2.24) is 4.90 Å². The molecule has 2 aromatic rings. The van der Waals surface area contributed by atoms with Gasteiger partial charge in [0.1, 0.15) is 17.3 Å². The number of halogens is 2. The number of likely N-dealkylation sites (tertiary alicyclic amines) is 1. The Bertz CT molecular complexity index is 829. The number of nitrogens with one attached hydrogen (secondary N) is 1. The molecule has 0 bridgehead atoms. The van der Waals surface area contributed by atoms with E-state index in [4.69, 9.17) is 21.1 Å². The third-order valence-electron chi connectivity index (χ3n) is 4.93. The fourth-order valence-electron chi connectivity index (χ4n) is 3.45. The van der Waals surface area contributed by atoms with E-state index in [1.54, 1.807) is 24.3 Å². The molecule has 1 atom stereocenters. The Kier molecular flexibility index (Phi) is 6.75. The Balaban J connectivity index is 1.66. The van der Waals surface area contributed by atoms with Crippen molar-refractivity contribution in [3.05, 3.63) is 52.8 Å². The minimum Gasteiger partial charge on any atom is -0.495 e. The molecule has 0 radical (unpaired) electrons. The summed E-state index contributed by atoms with van der Waals surface area (Å²) in [4.78, 5) is 15.1. The molecule has 150 valence electrons. The molecule has 1 heterocycles. The fourth-order valence-corrected chi connectivity index (χ4v) is 3.68. The summed E-state index contributed by atoms with van der Waals surface area (Å²) >= 11 is 6.12. The van der Waals surface area contributed by atoms with Crippen LogP contribution in [0.25, 0.3) is 0 Å². The number of benzene rings is 2. The number of carbonyl (C=O) groups is 1. The molecule has 0 aromatic heterocycles. The van der Waals surface area contributed by atoms with Crippen LogP contribution in [0.3, 0.4) is 0 Å². The van der Waals surface area contributed by atoms with Crippen molar-refractivity contribution in [2.75, 3.05) is 32.6 Å². The smallest absolute Gasteiger partial charge is 0.228 e. The van der Waals surface area contributed by atoms with Crippen molar-refractivity contribution in [2.24, 2.45) is 5.92 Å². The normalized spacial score (nSPS) is 17.2. The summed E-state index contributed by atoms with van der Waals surface area (Å²) in [5.74, 6) is 0.511. The minimum atomic E-state index is -0.244. The van der Waals surface area contributed by atoms with Crippen LogP contribution in [0.15, 0.2) is 36.4 Å².